The van der Waals surface area contributed by atoms with E-state index in [4.69, 9.17) is 9.68 Å². The number of aromatic nitrogens is 1. The van der Waals surface area contributed by atoms with Crippen molar-refractivity contribution in [2.45, 2.75) is 27.7 Å². The molecule has 0 spiro atoms. The van der Waals surface area contributed by atoms with E-state index in [1.54, 1.807) is 13.8 Å². The van der Waals surface area contributed by atoms with Gasteiger partial charge in [0.15, 0.2) is 5.78 Å². The molecule has 7 aromatic rings. The van der Waals surface area contributed by atoms with Gasteiger partial charge in [0.1, 0.15) is 0 Å². The molecule has 0 saturated heterocycles. The van der Waals surface area contributed by atoms with Gasteiger partial charge in [-0.3, -0.25) is 4.79 Å². The zero-order valence-electron chi connectivity index (χ0n) is 30.2. The second-order valence-electron chi connectivity index (χ2n) is 12.7. The van der Waals surface area contributed by atoms with Gasteiger partial charge in [-0.25, -0.2) is 9.59 Å². The summed E-state index contributed by atoms with van der Waals surface area (Å²) in [7, 11) is 0. The number of oxime groups is 2. The fourth-order valence-corrected chi connectivity index (χ4v) is 6.41. The third kappa shape index (κ3) is 7.29. The van der Waals surface area contributed by atoms with Crippen molar-refractivity contribution in [3.8, 4) is 5.69 Å². The van der Waals surface area contributed by atoms with Crippen LogP contribution in [0.4, 0.5) is 17.1 Å². The first-order chi connectivity index (χ1) is 26.2. The Labute approximate surface area is 312 Å². The van der Waals surface area contributed by atoms with E-state index in [1.807, 2.05) is 109 Å². The number of carbonyl (C=O) groups excluding carboxylic acids is 3. The molecule has 0 saturated carbocycles. The van der Waals surface area contributed by atoms with Crippen LogP contribution in [-0.4, -0.2) is 33.7 Å². The Kier molecular flexibility index (Phi) is 9.95. The first kappa shape index (κ1) is 35.3. The van der Waals surface area contributed by atoms with Crippen LogP contribution >= 0.6 is 0 Å². The molecule has 0 fully saturated rings. The van der Waals surface area contributed by atoms with Gasteiger partial charge < -0.3 is 19.1 Å². The topological polar surface area (TPSA) is 103 Å². The number of carbonyl (C=O) groups is 3. The SMILES string of the molecule is CC(=O)ON=C(C)c1ccc(N(c2ccc(C(=O)c3ccc(-n4c5ccccc5c5ccccc54)cc3)cc2)c2ccc(/C(C)=N/OC(C)=O)cc2)cc1. The summed E-state index contributed by atoms with van der Waals surface area (Å²) in [6, 6.07) is 47.3. The van der Waals surface area contributed by atoms with E-state index in [-0.39, 0.29) is 5.78 Å². The summed E-state index contributed by atoms with van der Waals surface area (Å²) >= 11 is 0. The highest BCUT2D eigenvalue weighted by Crippen LogP contribution is 2.36. The van der Waals surface area contributed by atoms with Gasteiger partial charge in [-0.1, -0.05) is 71.0 Å². The van der Waals surface area contributed by atoms with Gasteiger partial charge in [-0.05, 0) is 110 Å². The van der Waals surface area contributed by atoms with Crippen molar-refractivity contribution in [3.63, 3.8) is 0 Å². The van der Waals surface area contributed by atoms with Crippen molar-refractivity contribution in [1.29, 1.82) is 0 Å². The molecule has 266 valence electrons. The van der Waals surface area contributed by atoms with Crippen LogP contribution in [0.1, 0.15) is 54.7 Å². The predicted octanol–water partition coefficient (Wildman–Crippen LogP) is 10.1. The summed E-state index contributed by atoms with van der Waals surface area (Å²) in [5.41, 5.74) is 9.55. The van der Waals surface area contributed by atoms with Gasteiger partial charge in [0.05, 0.1) is 22.5 Å². The molecular weight excluding hydrogens is 677 g/mol. The van der Waals surface area contributed by atoms with E-state index < -0.39 is 11.9 Å². The van der Waals surface area contributed by atoms with E-state index in [0.29, 0.717) is 22.6 Å². The summed E-state index contributed by atoms with van der Waals surface area (Å²) in [6.07, 6.45) is 0. The second-order valence-corrected chi connectivity index (χ2v) is 12.7. The molecule has 0 aliphatic heterocycles. The molecule has 0 amide bonds. The molecule has 0 bridgehead atoms. The summed E-state index contributed by atoms with van der Waals surface area (Å²) in [4.78, 5) is 48.0. The Balaban J connectivity index is 1.18. The van der Waals surface area contributed by atoms with E-state index in [0.717, 1.165) is 44.9 Å². The number of fused-ring (bicyclic) bond motifs is 3. The van der Waals surface area contributed by atoms with Crippen molar-refractivity contribution < 1.29 is 24.1 Å². The molecular formula is C45H36N4O5. The summed E-state index contributed by atoms with van der Waals surface area (Å²) in [6.45, 7) is 6.13. The van der Waals surface area contributed by atoms with E-state index in [1.165, 1.54) is 24.6 Å². The van der Waals surface area contributed by atoms with E-state index in [2.05, 4.69) is 56.2 Å². The zero-order chi connectivity index (χ0) is 37.8. The van der Waals surface area contributed by atoms with Crippen LogP contribution in [-0.2, 0) is 19.3 Å². The molecule has 1 heterocycles. The normalized spacial score (nSPS) is 11.8. The molecule has 7 rings (SSSR count). The first-order valence-corrected chi connectivity index (χ1v) is 17.4. The first-order valence-electron chi connectivity index (χ1n) is 17.4. The minimum Gasteiger partial charge on any atom is -0.318 e. The standard InChI is InChI=1S/C45H36N4O5/c1-29(46-53-31(3)50)33-13-21-37(22-14-33)48(38-23-15-34(16-24-38)30(2)47-54-32(4)51)39-25-17-35(18-26-39)45(52)36-19-27-40(28-20-36)49-43-11-7-5-9-41(43)42-10-6-8-12-44(42)49/h5-28H,1-4H3/b46-29+,47-30?. The highest BCUT2D eigenvalue weighted by molar-refractivity contribution is 6.11. The zero-order valence-corrected chi connectivity index (χ0v) is 30.2. The summed E-state index contributed by atoms with van der Waals surface area (Å²) < 4.78 is 2.23. The molecule has 1 aromatic heterocycles. The highest BCUT2D eigenvalue weighted by atomic mass is 16.7. The second kappa shape index (κ2) is 15.2. The maximum Gasteiger partial charge on any atom is 0.331 e. The molecule has 0 unspecified atom stereocenters. The van der Waals surface area contributed by atoms with Crippen molar-refractivity contribution in [2.24, 2.45) is 10.3 Å². The average molecular weight is 713 g/mol. The Morgan fingerprint density at radius 2 is 0.815 bits per heavy atom. The average Bonchev–Trinajstić information content (AvgIpc) is 3.54. The quantitative estimate of drug-likeness (QED) is 0.0605. The Morgan fingerprint density at radius 1 is 0.463 bits per heavy atom. The molecule has 9 heteroatoms. The van der Waals surface area contributed by atoms with Gasteiger partial charge in [0.25, 0.3) is 0 Å². The van der Waals surface area contributed by atoms with Crippen LogP contribution in [0.3, 0.4) is 0 Å². The van der Waals surface area contributed by atoms with Crippen molar-refractivity contribution in [2.75, 3.05) is 4.90 Å². The lowest BCUT2D eigenvalue weighted by Gasteiger charge is -2.26. The van der Waals surface area contributed by atoms with Crippen molar-refractivity contribution >= 4 is 68.0 Å². The van der Waals surface area contributed by atoms with Crippen LogP contribution < -0.4 is 4.90 Å². The highest BCUT2D eigenvalue weighted by Gasteiger charge is 2.17. The number of hydrogen-bond acceptors (Lipinski definition) is 8. The van der Waals surface area contributed by atoms with Crippen LogP contribution in [0.2, 0.25) is 0 Å². The van der Waals surface area contributed by atoms with E-state index >= 15 is 0 Å². The largest absolute Gasteiger partial charge is 0.331 e. The van der Waals surface area contributed by atoms with Crippen LogP contribution in [0.15, 0.2) is 156 Å². The molecule has 54 heavy (non-hydrogen) atoms. The fourth-order valence-electron chi connectivity index (χ4n) is 6.41. The molecule has 0 radical (unpaired) electrons. The lowest BCUT2D eigenvalue weighted by molar-refractivity contribution is -0.141. The van der Waals surface area contributed by atoms with Gasteiger partial charge in [-0.2, -0.15) is 0 Å². The number of benzene rings is 6. The van der Waals surface area contributed by atoms with Crippen molar-refractivity contribution in [1.82, 2.24) is 4.57 Å². The Morgan fingerprint density at radius 3 is 1.20 bits per heavy atom. The maximum atomic E-state index is 13.8. The minimum atomic E-state index is -0.493. The number of ketones is 1. The molecule has 0 N–H and O–H groups in total. The van der Waals surface area contributed by atoms with Crippen LogP contribution in [0.5, 0.6) is 0 Å². The Bertz CT molecular complexity index is 2440. The smallest absolute Gasteiger partial charge is 0.318 e. The third-order valence-corrected chi connectivity index (χ3v) is 9.06. The lowest BCUT2D eigenvalue weighted by Crippen LogP contribution is -2.11. The number of para-hydroxylation sites is 2. The van der Waals surface area contributed by atoms with Gasteiger partial charge in [-0.15, -0.1) is 0 Å². The molecule has 9 nitrogen and oxygen atoms in total. The molecule has 0 aliphatic rings. The lowest BCUT2D eigenvalue weighted by atomic mass is 10.0. The minimum absolute atomic E-state index is 0.0827. The van der Waals surface area contributed by atoms with Crippen molar-refractivity contribution in [3.05, 3.63) is 168 Å². The van der Waals surface area contributed by atoms with Crippen LogP contribution in [0, 0.1) is 0 Å². The maximum absolute atomic E-state index is 13.8. The summed E-state index contributed by atoms with van der Waals surface area (Å²) in [5, 5.41) is 10.2. The monoisotopic (exact) mass is 712 g/mol. The number of hydrogen-bond donors (Lipinski definition) is 0. The third-order valence-electron chi connectivity index (χ3n) is 9.06. The number of anilines is 3. The fraction of sp³-hybridized carbons (Fsp3) is 0.0889. The van der Waals surface area contributed by atoms with E-state index in [9.17, 15) is 14.4 Å². The van der Waals surface area contributed by atoms with Gasteiger partial charge in [0, 0.05) is 58.5 Å². The van der Waals surface area contributed by atoms with Gasteiger partial charge >= 0.3 is 11.9 Å². The number of rotatable bonds is 10. The molecule has 0 aliphatic carbocycles. The van der Waals surface area contributed by atoms with Crippen LogP contribution in [0.25, 0.3) is 27.5 Å². The molecule has 6 aromatic carbocycles. The summed E-state index contributed by atoms with van der Waals surface area (Å²) in [5.74, 6) is -1.07. The number of nitrogens with zero attached hydrogens (tertiary/aromatic N) is 4. The molecule has 0 atom stereocenters. The Hall–Kier alpha value is -7.13. The predicted molar refractivity (Wildman–Crippen MR) is 213 cm³/mol. The van der Waals surface area contributed by atoms with Gasteiger partial charge in [0.2, 0.25) is 0 Å².